The van der Waals surface area contributed by atoms with Crippen molar-refractivity contribution >= 4 is 35.1 Å². The summed E-state index contributed by atoms with van der Waals surface area (Å²) in [7, 11) is 1.28. The molecule has 0 unspecified atom stereocenters. The van der Waals surface area contributed by atoms with Gasteiger partial charge in [-0.2, -0.15) is 0 Å². The van der Waals surface area contributed by atoms with E-state index in [1.807, 2.05) is 0 Å². The Bertz CT molecular complexity index is 509. The highest BCUT2D eigenvalue weighted by atomic mass is 35.5. The molecule has 0 aromatic heterocycles. The standard InChI is InChI=1S/C14H15Cl2NO3/c1-20-14(19)12(17-13(18)8-5-6-8)7-9-10(15)3-2-4-11(9)16/h2-4,8,12H,5-7H2,1H3,(H,17,18)/t12-/m0/s1. The van der Waals surface area contributed by atoms with Crippen LogP contribution in [-0.4, -0.2) is 25.0 Å². The van der Waals surface area contributed by atoms with Crippen molar-refractivity contribution in [2.24, 2.45) is 5.92 Å². The molecule has 1 N–H and O–H groups in total. The number of benzene rings is 1. The van der Waals surface area contributed by atoms with Crippen LogP contribution in [-0.2, 0) is 20.7 Å². The van der Waals surface area contributed by atoms with Crippen molar-refractivity contribution in [1.29, 1.82) is 0 Å². The lowest BCUT2D eigenvalue weighted by Crippen LogP contribution is -2.43. The van der Waals surface area contributed by atoms with Crippen molar-refractivity contribution in [3.8, 4) is 0 Å². The Kier molecular flexibility index (Phi) is 4.89. The van der Waals surface area contributed by atoms with Crippen molar-refractivity contribution in [3.05, 3.63) is 33.8 Å². The van der Waals surface area contributed by atoms with Crippen LogP contribution in [0.3, 0.4) is 0 Å². The average molecular weight is 316 g/mol. The molecular weight excluding hydrogens is 301 g/mol. The number of ether oxygens (including phenoxy) is 1. The highest BCUT2D eigenvalue weighted by Crippen LogP contribution is 2.30. The minimum Gasteiger partial charge on any atom is -0.467 e. The van der Waals surface area contributed by atoms with E-state index >= 15 is 0 Å². The summed E-state index contributed by atoms with van der Waals surface area (Å²) in [5.41, 5.74) is 0.627. The normalized spacial score (nSPS) is 15.6. The van der Waals surface area contributed by atoms with Crippen LogP contribution >= 0.6 is 23.2 Å². The molecule has 1 aliphatic rings. The zero-order valence-corrected chi connectivity index (χ0v) is 12.5. The summed E-state index contributed by atoms with van der Waals surface area (Å²) in [5.74, 6) is -0.609. The molecule has 0 bridgehead atoms. The number of halogens is 2. The second-order valence-electron chi connectivity index (χ2n) is 4.76. The average Bonchev–Trinajstić information content (AvgIpc) is 3.25. The number of amides is 1. The van der Waals surface area contributed by atoms with Gasteiger partial charge < -0.3 is 10.1 Å². The van der Waals surface area contributed by atoms with Crippen LogP contribution in [0.15, 0.2) is 18.2 Å². The first-order valence-corrected chi connectivity index (χ1v) is 7.09. The number of esters is 1. The summed E-state index contributed by atoms with van der Waals surface area (Å²) in [6, 6.07) is 4.34. The predicted octanol–water partition coefficient (Wildman–Crippen LogP) is 2.60. The molecule has 1 fully saturated rings. The topological polar surface area (TPSA) is 55.4 Å². The number of nitrogens with one attached hydrogen (secondary N) is 1. The lowest BCUT2D eigenvalue weighted by Gasteiger charge is -2.18. The third-order valence-corrected chi connectivity index (χ3v) is 3.93. The van der Waals surface area contributed by atoms with Gasteiger partial charge in [0.25, 0.3) is 0 Å². The van der Waals surface area contributed by atoms with Crippen molar-refractivity contribution < 1.29 is 14.3 Å². The minimum absolute atomic E-state index is 0.0175. The zero-order chi connectivity index (χ0) is 14.7. The summed E-state index contributed by atoms with van der Waals surface area (Å²) in [6.07, 6.45) is 1.95. The van der Waals surface area contributed by atoms with E-state index in [9.17, 15) is 9.59 Å². The van der Waals surface area contributed by atoms with E-state index in [2.05, 4.69) is 5.32 Å². The maximum absolute atomic E-state index is 11.8. The first-order valence-electron chi connectivity index (χ1n) is 6.34. The van der Waals surface area contributed by atoms with E-state index in [1.165, 1.54) is 7.11 Å². The van der Waals surface area contributed by atoms with Gasteiger partial charge >= 0.3 is 5.97 Å². The molecule has 1 atom stereocenters. The maximum Gasteiger partial charge on any atom is 0.328 e. The molecule has 0 spiro atoms. The Morgan fingerprint density at radius 2 is 1.95 bits per heavy atom. The fraction of sp³-hybridized carbons (Fsp3) is 0.429. The monoisotopic (exact) mass is 315 g/mol. The molecule has 4 nitrogen and oxygen atoms in total. The smallest absolute Gasteiger partial charge is 0.328 e. The molecule has 2 rings (SSSR count). The van der Waals surface area contributed by atoms with Crippen molar-refractivity contribution in [1.82, 2.24) is 5.32 Å². The summed E-state index contributed by atoms with van der Waals surface area (Å²) >= 11 is 12.2. The molecule has 108 valence electrons. The van der Waals surface area contributed by atoms with Crippen LogP contribution in [0.2, 0.25) is 10.0 Å². The van der Waals surface area contributed by atoms with E-state index in [1.54, 1.807) is 18.2 Å². The van der Waals surface area contributed by atoms with Crippen LogP contribution < -0.4 is 5.32 Å². The van der Waals surface area contributed by atoms with Crippen molar-refractivity contribution in [2.45, 2.75) is 25.3 Å². The van der Waals surface area contributed by atoms with Gasteiger partial charge in [-0.05, 0) is 30.5 Å². The van der Waals surface area contributed by atoms with E-state index in [-0.39, 0.29) is 18.2 Å². The van der Waals surface area contributed by atoms with Gasteiger partial charge in [0.2, 0.25) is 5.91 Å². The van der Waals surface area contributed by atoms with Crippen LogP contribution in [0.1, 0.15) is 18.4 Å². The molecule has 1 saturated carbocycles. The molecule has 0 heterocycles. The second kappa shape index (κ2) is 6.46. The van der Waals surface area contributed by atoms with E-state index < -0.39 is 12.0 Å². The van der Waals surface area contributed by atoms with Gasteiger partial charge in [-0.3, -0.25) is 4.79 Å². The number of carbonyl (C=O) groups is 2. The second-order valence-corrected chi connectivity index (χ2v) is 5.58. The number of carbonyl (C=O) groups excluding carboxylic acids is 2. The number of methoxy groups -OCH3 is 1. The maximum atomic E-state index is 11.8. The van der Waals surface area contributed by atoms with Gasteiger partial charge in [-0.1, -0.05) is 29.3 Å². The fourth-order valence-corrected chi connectivity index (χ4v) is 2.45. The first-order chi connectivity index (χ1) is 9.52. The summed E-state index contributed by atoms with van der Waals surface area (Å²) in [6.45, 7) is 0. The van der Waals surface area contributed by atoms with Gasteiger partial charge in [0, 0.05) is 22.4 Å². The lowest BCUT2D eigenvalue weighted by atomic mass is 10.1. The number of hydrogen-bond donors (Lipinski definition) is 1. The fourth-order valence-electron chi connectivity index (χ4n) is 1.90. The lowest BCUT2D eigenvalue weighted by molar-refractivity contribution is -0.145. The summed E-state index contributed by atoms with van der Waals surface area (Å²) in [5, 5.41) is 3.63. The van der Waals surface area contributed by atoms with Gasteiger partial charge in [0.15, 0.2) is 0 Å². The highest BCUT2D eigenvalue weighted by Gasteiger charge is 2.33. The van der Waals surface area contributed by atoms with Gasteiger partial charge in [0.05, 0.1) is 7.11 Å². The largest absolute Gasteiger partial charge is 0.467 e. The van der Waals surface area contributed by atoms with Crippen LogP contribution in [0.4, 0.5) is 0 Å². The Labute approximate surface area is 127 Å². The molecule has 0 saturated heterocycles. The third kappa shape index (κ3) is 3.64. The Hall–Kier alpha value is -1.26. The quantitative estimate of drug-likeness (QED) is 0.850. The summed E-state index contributed by atoms with van der Waals surface area (Å²) < 4.78 is 4.73. The van der Waals surface area contributed by atoms with E-state index in [0.717, 1.165) is 12.8 Å². The molecule has 1 aromatic carbocycles. The molecule has 1 aliphatic carbocycles. The predicted molar refractivity (Wildman–Crippen MR) is 76.8 cm³/mol. The molecule has 1 amide bonds. The van der Waals surface area contributed by atoms with Crippen LogP contribution in [0, 0.1) is 5.92 Å². The minimum atomic E-state index is -0.773. The van der Waals surface area contributed by atoms with Crippen molar-refractivity contribution in [3.63, 3.8) is 0 Å². The van der Waals surface area contributed by atoms with Gasteiger partial charge in [-0.25, -0.2) is 4.79 Å². The third-order valence-electron chi connectivity index (χ3n) is 3.22. The Balaban J connectivity index is 2.14. The van der Waals surface area contributed by atoms with Crippen molar-refractivity contribution in [2.75, 3.05) is 7.11 Å². The van der Waals surface area contributed by atoms with Crippen LogP contribution in [0.5, 0.6) is 0 Å². The SMILES string of the molecule is COC(=O)[C@H](Cc1c(Cl)cccc1Cl)NC(=O)C1CC1. The molecular formula is C14H15Cl2NO3. The number of hydrogen-bond acceptors (Lipinski definition) is 3. The summed E-state index contributed by atoms with van der Waals surface area (Å²) in [4.78, 5) is 23.6. The molecule has 1 aromatic rings. The van der Waals surface area contributed by atoms with Crippen LogP contribution in [0.25, 0.3) is 0 Å². The molecule has 0 aliphatic heterocycles. The molecule has 0 radical (unpaired) electrons. The van der Waals surface area contributed by atoms with Gasteiger partial charge in [0.1, 0.15) is 6.04 Å². The first kappa shape index (κ1) is 15.1. The van der Waals surface area contributed by atoms with E-state index in [4.69, 9.17) is 27.9 Å². The zero-order valence-electron chi connectivity index (χ0n) is 11.0. The van der Waals surface area contributed by atoms with Gasteiger partial charge in [-0.15, -0.1) is 0 Å². The van der Waals surface area contributed by atoms with E-state index in [0.29, 0.717) is 15.6 Å². The molecule has 20 heavy (non-hydrogen) atoms. The Morgan fingerprint density at radius 1 is 1.35 bits per heavy atom. The number of rotatable bonds is 5. The highest BCUT2D eigenvalue weighted by molar-refractivity contribution is 6.36. The molecule has 6 heteroatoms. The Morgan fingerprint density at radius 3 is 2.45 bits per heavy atom.